The maximum atomic E-state index is 13.5. The Morgan fingerprint density at radius 3 is 2.24 bits per heavy atom. The molecule has 0 N–H and O–H groups in total. The monoisotopic (exact) mass is 387 g/mol. The van der Waals surface area contributed by atoms with E-state index in [1.165, 1.54) is 23.3 Å². The number of carbonyl (C=O) groups is 1. The van der Waals surface area contributed by atoms with E-state index in [0.29, 0.717) is 5.56 Å². The molecule has 1 amide bonds. The second kappa shape index (κ2) is 6.84. The first kappa shape index (κ1) is 19.4. The average molecular weight is 387 g/mol. The van der Waals surface area contributed by atoms with E-state index in [-0.39, 0.29) is 17.1 Å². The molecule has 1 aliphatic rings. The normalized spacial score (nSPS) is 20.2. The Bertz CT molecular complexity index is 1060. The van der Waals surface area contributed by atoms with Gasteiger partial charge in [-0.25, -0.2) is 4.39 Å². The summed E-state index contributed by atoms with van der Waals surface area (Å²) in [5, 5.41) is 0. The average Bonchev–Trinajstić information content (AvgIpc) is 2.69. The summed E-state index contributed by atoms with van der Waals surface area (Å²) in [5.41, 5.74) is 4.35. The van der Waals surface area contributed by atoms with Crippen LogP contribution in [0.2, 0.25) is 0 Å². The highest BCUT2D eigenvalue weighted by Crippen LogP contribution is 2.51. The topological polar surface area (TPSA) is 20.3 Å². The summed E-state index contributed by atoms with van der Waals surface area (Å²) in [4.78, 5) is 15.4. The number of aryl methyl sites for hydroxylation is 1. The zero-order valence-electron chi connectivity index (χ0n) is 17.4. The zero-order chi connectivity index (χ0) is 20.8. The summed E-state index contributed by atoms with van der Waals surface area (Å²) in [6.07, 6.45) is 0.785. The lowest BCUT2D eigenvalue weighted by molar-refractivity contribution is 0.0948. The predicted octanol–water partition coefficient (Wildman–Crippen LogP) is 6.27. The molecule has 1 atom stereocenters. The van der Waals surface area contributed by atoms with Crippen molar-refractivity contribution in [2.24, 2.45) is 0 Å². The van der Waals surface area contributed by atoms with E-state index in [2.05, 4.69) is 64.1 Å². The summed E-state index contributed by atoms with van der Waals surface area (Å²) in [5.74, 6) is -0.442. The molecule has 3 heteroatoms. The number of halogens is 1. The number of rotatable bonds is 2. The molecule has 0 aliphatic carbocycles. The summed E-state index contributed by atoms with van der Waals surface area (Å²) in [6.45, 7) is 8.57. The van der Waals surface area contributed by atoms with Crippen LogP contribution in [-0.2, 0) is 5.41 Å². The second-order valence-electron chi connectivity index (χ2n) is 8.86. The van der Waals surface area contributed by atoms with Crippen molar-refractivity contribution in [2.75, 3.05) is 4.90 Å². The van der Waals surface area contributed by atoms with Gasteiger partial charge in [-0.3, -0.25) is 4.79 Å². The molecule has 148 valence electrons. The molecule has 3 aromatic rings. The van der Waals surface area contributed by atoms with Gasteiger partial charge in [-0.2, -0.15) is 0 Å². The second-order valence-corrected chi connectivity index (χ2v) is 8.86. The van der Waals surface area contributed by atoms with E-state index in [4.69, 9.17) is 0 Å². The number of benzene rings is 3. The number of hydrogen-bond acceptors (Lipinski definition) is 1. The van der Waals surface area contributed by atoms with Crippen LogP contribution in [0, 0.1) is 12.7 Å². The van der Waals surface area contributed by atoms with Crippen LogP contribution in [0.15, 0.2) is 72.8 Å². The van der Waals surface area contributed by atoms with E-state index in [9.17, 15) is 9.18 Å². The first-order valence-electron chi connectivity index (χ1n) is 9.99. The minimum Gasteiger partial charge on any atom is -0.302 e. The molecule has 0 saturated heterocycles. The molecule has 0 aromatic heterocycles. The Balaban J connectivity index is 1.91. The van der Waals surface area contributed by atoms with Crippen molar-refractivity contribution >= 4 is 11.6 Å². The standard InChI is InChI=1S/C26H26FNO/c1-18-10-15-23-22(16-18)26(4,20-8-6-5-7-9-20)17-25(2,3)28(23)24(29)19-11-13-21(27)14-12-19/h5-16H,17H2,1-4H3/t26-/m0/s1. The van der Waals surface area contributed by atoms with Gasteiger partial charge >= 0.3 is 0 Å². The highest BCUT2D eigenvalue weighted by molar-refractivity contribution is 6.08. The van der Waals surface area contributed by atoms with E-state index in [1.807, 2.05) is 17.0 Å². The Morgan fingerprint density at radius 2 is 1.59 bits per heavy atom. The fraction of sp³-hybridized carbons (Fsp3) is 0.269. The smallest absolute Gasteiger partial charge is 0.258 e. The molecule has 0 bridgehead atoms. The van der Waals surface area contributed by atoms with E-state index < -0.39 is 5.54 Å². The molecule has 4 rings (SSSR count). The Labute approximate surface area is 172 Å². The maximum Gasteiger partial charge on any atom is 0.258 e. The van der Waals surface area contributed by atoms with Crippen molar-refractivity contribution in [2.45, 2.75) is 45.1 Å². The van der Waals surface area contributed by atoms with Gasteiger partial charge in [0, 0.05) is 22.2 Å². The first-order valence-corrected chi connectivity index (χ1v) is 9.99. The van der Waals surface area contributed by atoms with Crippen LogP contribution < -0.4 is 4.90 Å². The van der Waals surface area contributed by atoms with Crippen molar-refractivity contribution < 1.29 is 9.18 Å². The number of anilines is 1. The Hall–Kier alpha value is -2.94. The third-order valence-corrected chi connectivity index (χ3v) is 6.08. The van der Waals surface area contributed by atoms with Gasteiger partial charge < -0.3 is 4.90 Å². The SMILES string of the molecule is Cc1ccc2c(c1)[C@](C)(c1ccccc1)CC(C)(C)N2C(=O)c1ccc(F)cc1. The highest BCUT2D eigenvalue weighted by Gasteiger charge is 2.47. The molecule has 0 unspecified atom stereocenters. The van der Waals surface area contributed by atoms with Gasteiger partial charge in [0.25, 0.3) is 5.91 Å². The molecular weight excluding hydrogens is 361 g/mol. The lowest BCUT2D eigenvalue weighted by atomic mass is 9.65. The van der Waals surface area contributed by atoms with Crippen LogP contribution >= 0.6 is 0 Å². The molecule has 0 saturated carbocycles. The van der Waals surface area contributed by atoms with Crippen molar-refractivity contribution in [1.29, 1.82) is 0 Å². The zero-order valence-corrected chi connectivity index (χ0v) is 17.4. The Morgan fingerprint density at radius 1 is 0.931 bits per heavy atom. The van der Waals surface area contributed by atoms with Crippen LogP contribution in [0.3, 0.4) is 0 Å². The quantitative estimate of drug-likeness (QED) is 0.507. The summed E-state index contributed by atoms with van der Waals surface area (Å²) in [6, 6.07) is 22.6. The molecule has 0 radical (unpaired) electrons. The van der Waals surface area contributed by atoms with Crippen LogP contribution in [-0.4, -0.2) is 11.4 Å². The van der Waals surface area contributed by atoms with Crippen molar-refractivity contribution in [3.8, 4) is 0 Å². The van der Waals surface area contributed by atoms with Crippen LogP contribution in [0.4, 0.5) is 10.1 Å². The third-order valence-electron chi connectivity index (χ3n) is 6.08. The minimum atomic E-state index is -0.418. The van der Waals surface area contributed by atoms with E-state index in [1.54, 1.807) is 12.1 Å². The number of amides is 1. The van der Waals surface area contributed by atoms with Gasteiger partial charge in [-0.1, -0.05) is 55.0 Å². The maximum absolute atomic E-state index is 13.5. The number of fused-ring (bicyclic) bond motifs is 1. The van der Waals surface area contributed by atoms with Crippen molar-refractivity contribution in [3.05, 3.63) is 101 Å². The summed E-state index contributed by atoms with van der Waals surface area (Å²) < 4.78 is 13.4. The molecule has 3 aromatic carbocycles. The number of carbonyl (C=O) groups excluding carboxylic acids is 1. The fourth-order valence-electron chi connectivity index (χ4n) is 4.82. The van der Waals surface area contributed by atoms with Crippen molar-refractivity contribution in [3.63, 3.8) is 0 Å². The Kier molecular flexibility index (Phi) is 4.57. The van der Waals surface area contributed by atoms with E-state index in [0.717, 1.165) is 17.7 Å². The summed E-state index contributed by atoms with van der Waals surface area (Å²) in [7, 11) is 0. The third kappa shape index (κ3) is 3.25. The molecule has 2 nitrogen and oxygen atoms in total. The van der Waals surface area contributed by atoms with Crippen LogP contribution in [0.1, 0.15) is 54.2 Å². The lowest BCUT2D eigenvalue weighted by Crippen LogP contribution is -2.55. The van der Waals surface area contributed by atoms with Crippen molar-refractivity contribution in [1.82, 2.24) is 0 Å². The van der Waals surface area contributed by atoms with E-state index >= 15 is 0 Å². The van der Waals surface area contributed by atoms with Gasteiger partial charge in [0.2, 0.25) is 0 Å². The molecule has 1 heterocycles. The van der Waals surface area contributed by atoms with Gasteiger partial charge in [0.1, 0.15) is 5.82 Å². The lowest BCUT2D eigenvalue weighted by Gasteiger charge is -2.51. The molecule has 29 heavy (non-hydrogen) atoms. The number of hydrogen-bond donors (Lipinski definition) is 0. The molecular formula is C26H26FNO. The largest absolute Gasteiger partial charge is 0.302 e. The molecule has 1 aliphatic heterocycles. The minimum absolute atomic E-state index is 0.102. The molecule has 0 fully saturated rings. The first-order chi connectivity index (χ1) is 13.7. The highest BCUT2D eigenvalue weighted by atomic mass is 19.1. The molecule has 0 spiro atoms. The van der Waals surface area contributed by atoms with Crippen LogP contribution in [0.25, 0.3) is 0 Å². The summed E-state index contributed by atoms with van der Waals surface area (Å²) >= 11 is 0. The van der Waals surface area contributed by atoms with Gasteiger partial charge in [-0.05, 0) is 68.7 Å². The number of nitrogens with zero attached hydrogens (tertiary/aromatic N) is 1. The fourth-order valence-corrected chi connectivity index (χ4v) is 4.82. The van der Waals surface area contributed by atoms with Gasteiger partial charge in [0.15, 0.2) is 0 Å². The van der Waals surface area contributed by atoms with Crippen LogP contribution in [0.5, 0.6) is 0 Å². The van der Waals surface area contributed by atoms with Gasteiger partial charge in [-0.15, -0.1) is 0 Å². The predicted molar refractivity (Wildman–Crippen MR) is 116 cm³/mol. The van der Waals surface area contributed by atoms with Gasteiger partial charge in [0.05, 0.1) is 0 Å².